The predicted octanol–water partition coefficient (Wildman–Crippen LogP) is 2.90. The van der Waals surface area contributed by atoms with Crippen LogP contribution in [0.3, 0.4) is 0 Å². The maximum absolute atomic E-state index is 11.2. The molecule has 0 bridgehead atoms. The van der Waals surface area contributed by atoms with Crippen LogP contribution >= 0.6 is 0 Å². The van der Waals surface area contributed by atoms with E-state index in [9.17, 15) is 8.42 Å². The molecule has 1 atom stereocenters. The summed E-state index contributed by atoms with van der Waals surface area (Å²) in [4.78, 5) is 0. The van der Waals surface area contributed by atoms with Gasteiger partial charge in [-0.2, -0.15) is 0 Å². The minimum absolute atomic E-state index is 0.281. The van der Waals surface area contributed by atoms with Crippen molar-refractivity contribution in [3.8, 4) is 0 Å². The van der Waals surface area contributed by atoms with Crippen LogP contribution in [0.2, 0.25) is 0 Å². The number of hydrogen-bond acceptors (Lipinski definition) is 3. The minimum Gasteiger partial charge on any atom is -0.316 e. The summed E-state index contributed by atoms with van der Waals surface area (Å²) in [5.41, 5.74) is 2.55. The molecular weight excluding hydrogens is 270 g/mol. The van der Waals surface area contributed by atoms with E-state index < -0.39 is 9.84 Å². The second kappa shape index (κ2) is 8.42. The van der Waals surface area contributed by atoms with Gasteiger partial charge in [-0.15, -0.1) is 0 Å². The summed E-state index contributed by atoms with van der Waals surface area (Å²) < 4.78 is 22.5. The minimum atomic E-state index is -2.85. The van der Waals surface area contributed by atoms with Gasteiger partial charge in [-0.3, -0.25) is 0 Å². The monoisotopic (exact) mass is 297 g/mol. The molecule has 0 saturated carbocycles. The van der Waals surface area contributed by atoms with Gasteiger partial charge in [-0.1, -0.05) is 36.8 Å². The largest absolute Gasteiger partial charge is 0.316 e. The number of rotatable bonds is 9. The van der Waals surface area contributed by atoms with Gasteiger partial charge in [0.05, 0.1) is 0 Å². The third kappa shape index (κ3) is 7.06. The first-order valence-electron chi connectivity index (χ1n) is 7.37. The van der Waals surface area contributed by atoms with Gasteiger partial charge in [-0.25, -0.2) is 8.42 Å². The van der Waals surface area contributed by atoms with E-state index in [1.54, 1.807) is 0 Å². The van der Waals surface area contributed by atoms with Crippen molar-refractivity contribution in [3.63, 3.8) is 0 Å². The van der Waals surface area contributed by atoms with Crippen molar-refractivity contribution in [2.24, 2.45) is 0 Å². The standard InChI is InChI=1S/C16H27NO2S/c1-4-11-17-13-16(6-5-12-20(3,18)19)15-9-7-14(2)8-10-15/h7-10,16-17H,4-6,11-13H2,1-3H3. The van der Waals surface area contributed by atoms with Crippen LogP contribution in [0.15, 0.2) is 24.3 Å². The first kappa shape index (κ1) is 17.2. The van der Waals surface area contributed by atoms with E-state index in [0.29, 0.717) is 5.92 Å². The fourth-order valence-electron chi connectivity index (χ4n) is 2.27. The molecule has 4 heteroatoms. The second-order valence-corrected chi connectivity index (χ2v) is 7.84. The summed E-state index contributed by atoms with van der Waals surface area (Å²) in [5, 5.41) is 3.45. The quantitative estimate of drug-likeness (QED) is 0.713. The Kier molecular flexibility index (Phi) is 7.24. The zero-order valence-electron chi connectivity index (χ0n) is 12.9. The summed E-state index contributed by atoms with van der Waals surface area (Å²) in [6.45, 7) is 6.16. The Morgan fingerprint density at radius 3 is 2.40 bits per heavy atom. The SMILES string of the molecule is CCCNCC(CCCS(C)(=O)=O)c1ccc(C)cc1. The van der Waals surface area contributed by atoms with E-state index >= 15 is 0 Å². The number of benzene rings is 1. The van der Waals surface area contributed by atoms with Crippen molar-refractivity contribution in [1.82, 2.24) is 5.32 Å². The first-order valence-corrected chi connectivity index (χ1v) is 9.43. The predicted molar refractivity (Wildman–Crippen MR) is 86.0 cm³/mol. The highest BCUT2D eigenvalue weighted by Gasteiger charge is 2.12. The van der Waals surface area contributed by atoms with Crippen molar-refractivity contribution in [3.05, 3.63) is 35.4 Å². The Balaban J connectivity index is 2.62. The third-order valence-electron chi connectivity index (χ3n) is 3.43. The van der Waals surface area contributed by atoms with Gasteiger partial charge in [0.1, 0.15) is 9.84 Å². The molecule has 0 saturated heterocycles. The smallest absolute Gasteiger partial charge is 0.147 e. The van der Waals surface area contributed by atoms with Crippen LogP contribution in [0.5, 0.6) is 0 Å². The Hall–Kier alpha value is -0.870. The van der Waals surface area contributed by atoms with Crippen LogP contribution in [-0.4, -0.2) is 33.5 Å². The fourth-order valence-corrected chi connectivity index (χ4v) is 2.96. The van der Waals surface area contributed by atoms with Crippen LogP contribution < -0.4 is 5.32 Å². The van der Waals surface area contributed by atoms with E-state index in [4.69, 9.17) is 0 Å². The van der Waals surface area contributed by atoms with Crippen molar-refractivity contribution in [1.29, 1.82) is 0 Å². The summed E-state index contributed by atoms with van der Waals surface area (Å²) in [5.74, 6) is 0.673. The molecule has 114 valence electrons. The highest BCUT2D eigenvalue weighted by atomic mass is 32.2. The Bertz CT molecular complexity index is 480. The van der Waals surface area contributed by atoms with Crippen LogP contribution in [0.4, 0.5) is 0 Å². The van der Waals surface area contributed by atoms with Gasteiger partial charge in [0, 0.05) is 18.6 Å². The molecular formula is C16H27NO2S. The lowest BCUT2D eigenvalue weighted by Crippen LogP contribution is -2.23. The number of sulfone groups is 1. The van der Waals surface area contributed by atoms with Gasteiger partial charge in [0.15, 0.2) is 0 Å². The average Bonchev–Trinajstić information content (AvgIpc) is 2.37. The molecule has 0 spiro atoms. The van der Waals surface area contributed by atoms with E-state index in [-0.39, 0.29) is 5.75 Å². The van der Waals surface area contributed by atoms with E-state index in [2.05, 4.69) is 43.4 Å². The van der Waals surface area contributed by atoms with Crippen LogP contribution in [0, 0.1) is 6.92 Å². The zero-order chi connectivity index (χ0) is 15.0. The molecule has 0 amide bonds. The van der Waals surface area contributed by atoms with E-state index in [1.165, 1.54) is 17.4 Å². The lowest BCUT2D eigenvalue weighted by atomic mass is 9.93. The van der Waals surface area contributed by atoms with Crippen LogP contribution in [0.1, 0.15) is 43.2 Å². The van der Waals surface area contributed by atoms with Crippen molar-refractivity contribution in [2.45, 2.75) is 39.0 Å². The molecule has 0 fully saturated rings. The average molecular weight is 297 g/mol. The number of hydrogen-bond donors (Lipinski definition) is 1. The lowest BCUT2D eigenvalue weighted by molar-refractivity contribution is 0.539. The van der Waals surface area contributed by atoms with E-state index in [1.807, 2.05) is 0 Å². The van der Waals surface area contributed by atoms with Gasteiger partial charge in [0.2, 0.25) is 0 Å². The molecule has 0 heterocycles. The summed E-state index contributed by atoms with van der Waals surface area (Å²) in [6.07, 6.45) is 4.06. The Labute approximate surface area is 123 Å². The molecule has 3 nitrogen and oxygen atoms in total. The van der Waals surface area contributed by atoms with Gasteiger partial charge in [-0.05, 0) is 44.2 Å². The lowest BCUT2D eigenvalue weighted by Gasteiger charge is -2.18. The summed E-state index contributed by atoms with van der Waals surface area (Å²) in [7, 11) is -2.85. The van der Waals surface area contributed by atoms with Crippen molar-refractivity contribution in [2.75, 3.05) is 25.1 Å². The third-order valence-corrected chi connectivity index (χ3v) is 4.46. The fraction of sp³-hybridized carbons (Fsp3) is 0.625. The Morgan fingerprint density at radius 2 is 1.85 bits per heavy atom. The first-order chi connectivity index (χ1) is 9.42. The molecule has 0 radical (unpaired) electrons. The molecule has 0 aliphatic heterocycles. The molecule has 1 N–H and O–H groups in total. The topological polar surface area (TPSA) is 46.2 Å². The normalized spacial score (nSPS) is 13.3. The van der Waals surface area contributed by atoms with Gasteiger partial charge >= 0.3 is 0 Å². The van der Waals surface area contributed by atoms with Crippen molar-refractivity contribution >= 4 is 9.84 Å². The highest BCUT2D eigenvalue weighted by molar-refractivity contribution is 7.90. The molecule has 1 rings (SSSR count). The van der Waals surface area contributed by atoms with Crippen molar-refractivity contribution < 1.29 is 8.42 Å². The Morgan fingerprint density at radius 1 is 1.20 bits per heavy atom. The number of aryl methyl sites for hydroxylation is 1. The van der Waals surface area contributed by atoms with Gasteiger partial charge in [0.25, 0.3) is 0 Å². The molecule has 0 aromatic heterocycles. The number of nitrogens with one attached hydrogen (secondary N) is 1. The molecule has 1 unspecified atom stereocenters. The molecule has 0 aliphatic carbocycles. The highest BCUT2D eigenvalue weighted by Crippen LogP contribution is 2.21. The van der Waals surface area contributed by atoms with Crippen LogP contribution in [-0.2, 0) is 9.84 Å². The molecule has 1 aromatic carbocycles. The molecule has 0 aliphatic rings. The summed E-state index contributed by atoms with van der Waals surface area (Å²) >= 11 is 0. The van der Waals surface area contributed by atoms with Gasteiger partial charge < -0.3 is 5.32 Å². The summed E-state index contributed by atoms with van der Waals surface area (Å²) in [6, 6.07) is 8.57. The maximum Gasteiger partial charge on any atom is 0.147 e. The maximum atomic E-state index is 11.2. The molecule has 1 aromatic rings. The molecule has 20 heavy (non-hydrogen) atoms. The second-order valence-electron chi connectivity index (χ2n) is 5.58. The van der Waals surface area contributed by atoms with E-state index in [0.717, 1.165) is 32.4 Å². The van der Waals surface area contributed by atoms with Crippen LogP contribution in [0.25, 0.3) is 0 Å². The zero-order valence-corrected chi connectivity index (χ0v) is 13.7.